The standard InChI is InChI=1S/C25H20ClFN2O4/c1-14-4-9-17(12-19(14)26)29-24(30)22(15-5-7-16(27)8-6-15)23(25(29)31)28-20-13-18(32-2)10-11-21(20)33-3/h4-13,28H,1-3H3. The van der Waals surface area contributed by atoms with Crippen LogP contribution in [0.2, 0.25) is 5.02 Å². The molecule has 0 saturated carbocycles. The monoisotopic (exact) mass is 466 g/mol. The van der Waals surface area contributed by atoms with Crippen LogP contribution in [0, 0.1) is 12.7 Å². The van der Waals surface area contributed by atoms with Crippen molar-refractivity contribution in [3.63, 3.8) is 0 Å². The summed E-state index contributed by atoms with van der Waals surface area (Å²) in [5, 5.41) is 3.46. The Bertz CT molecular complexity index is 1290. The zero-order valence-electron chi connectivity index (χ0n) is 18.1. The molecular weight excluding hydrogens is 447 g/mol. The van der Waals surface area contributed by atoms with Gasteiger partial charge in [0.25, 0.3) is 11.8 Å². The van der Waals surface area contributed by atoms with Gasteiger partial charge in [-0.2, -0.15) is 0 Å². The Kier molecular flexibility index (Phi) is 6.07. The quantitative estimate of drug-likeness (QED) is 0.506. The molecule has 1 aliphatic rings. The maximum absolute atomic E-state index is 13.6. The maximum Gasteiger partial charge on any atom is 0.282 e. The molecule has 0 aliphatic carbocycles. The van der Waals surface area contributed by atoms with Crippen molar-refractivity contribution in [3.8, 4) is 11.5 Å². The molecule has 2 amide bonds. The number of amides is 2. The van der Waals surface area contributed by atoms with E-state index < -0.39 is 17.6 Å². The number of imide groups is 1. The van der Waals surface area contributed by atoms with Gasteiger partial charge < -0.3 is 14.8 Å². The molecule has 1 N–H and O–H groups in total. The molecule has 0 saturated heterocycles. The van der Waals surface area contributed by atoms with Gasteiger partial charge in [-0.05, 0) is 54.4 Å². The van der Waals surface area contributed by atoms with Crippen LogP contribution in [0.25, 0.3) is 5.57 Å². The summed E-state index contributed by atoms with van der Waals surface area (Å²) in [7, 11) is 3.01. The van der Waals surface area contributed by atoms with Crippen molar-refractivity contribution in [1.29, 1.82) is 0 Å². The van der Waals surface area contributed by atoms with Crippen molar-refractivity contribution in [2.45, 2.75) is 6.92 Å². The van der Waals surface area contributed by atoms with E-state index in [0.29, 0.717) is 33.5 Å². The third-order valence-electron chi connectivity index (χ3n) is 5.30. The summed E-state index contributed by atoms with van der Waals surface area (Å²) in [6.45, 7) is 1.82. The minimum Gasteiger partial charge on any atom is -0.497 e. The molecule has 0 bridgehead atoms. The fraction of sp³-hybridized carbons (Fsp3) is 0.120. The number of methoxy groups -OCH3 is 2. The summed E-state index contributed by atoms with van der Waals surface area (Å²) in [4.78, 5) is 28.0. The highest BCUT2D eigenvalue weighted by atomic mass is 35.5. The van der Waals surface area contributed by atoms with E-state index in [1.165, 1.54) is 38.5 Å². The number of nitrogens with one attached hydrogen (secondary N) is 1. The van der Waals surface area contributed by atoms with E-state index in [-0.39, 0.29) is 11.3 Å². The second kappa shape index (κ2) is 8.96. The fourth-order valence-electron chi connectivity index (χ4n) is 3.53. The Morgan fingerprint density at radius 3 is 2.27 bits per heavy atom. The third-order valence-corrected chi connectivity index (χ3v) is 5.70. The summed E-state index contributed by atoms with van der Waals surface area (Å²) in [5.74, 6) is -0.623. The molecule has 0 atom stereocenters. The van der Waals surface area contributed by atoms with Crippen molar-refractivity contribution in [1.82, 2.24) is 0 Å². The number of nitrogens with zero attached hydrogens (tertiary/aromatic N) is 1. The average molecular weight is 467 g/mol. The zero-order valence-corrected chi connectivity index (χ0v) is 18.9. The maximum atomic E-state index is 13.6. The molecule has 3 aromatic carbocycles. The number of hydrogen-bond donors (Lipinski definition) is 1. The van der Waals surface area contributed by atoms with Crippen molar-refractivity contribution in [3.05, 3.63) is 88.3 Å². The summed E-state index contributed by atoms with van der Waals surface area (Å²) in [6.07, 6.45) is 0. The van der Waals surface area contributed by atoms with E-state index in [9.17, 15) is 14.0 Å². The Morgan fingerprint density at radius 2 is 1.64 bits per heavy atom. The first-order valence-corrected chi connectivity index (χ1v) is 10.4. The fourth-order valence-corrected chi connectivity index (χ4v) is 3.71. The molecule has 0 unspecified atom stereocenters. The van der Waals surface area contributed by atoms with E-state index in [1.807, 2.05) is 6.92 Å². The highest BCUT2D eigenvalue weighted by Crippen LogP contribution is 2.37. The Balaban J connectivity index is 1.86. The Morgan fingerprint density at radius 1 is 0.909 bits per heavy atom. The lowest BCUT2D eigenvalue weighted by atomic mass is 10.0. The smallest absolute Gasteiger partial charge is 0.282 e. The van der Waals surface area contributed by atoms with Gasteiger partial charge in [0.15, 0.2) is 0 Å². The minimum atomic E-state index is -0.580. The predicted molar refractivity (Wildman–Crippen MR) is 125 cm³/mol. The topological polar surface area (TPSA) is 67.9 Å². The largest absolute Gasteiger partial charge is 0.497 e. The van der Waals surface area contributed by atoms with E-state index in [1.54, 1.807) is 36.4 Å². The van der Waals surface area contributed by atoms with Crippen molar-refractivity contribution in [2.75, 3.05) is 24.4 Å². The van der Waals surface area contributed by atoms with Crippen LogP contribution in [0.5, 0.6) is 11.5 Å². The van der Waals surface area contributed by atoms with Crippen LogP contribution in [0.15, 0.2) is 66.4 Å². The molecule has 1 aliphatic heterocycles. The normalized spacial score (nSPS) is 13.5. The van der Waals surface area contributed by atoms with Gasteiger partial charge in [0.1, 0.15) is 23.0 Å². The number of halogens is 2. The number of aryl methyl sites for hydroxylation is 1. The van der Waals surface area contributed by atoms with Crippen molar-refractivity contribution < 1.29 is 23.5 Å². The molecule has 0 radical (unpaired) electrons. The SMILES string of the molecule is COc1ccc(OC)c(NC2=C(c3ccc(F)cc3)C(=O)N(c3ccc(C)c(Cl)c3)C2=O)c1. The molecule has 1 heterocycles. The molecular formula is C25H20ClFN2O4. The summed E-state index contributed by atoms with van der Waals surface area (Å²) >= 11 is 6.25. The second-order valence-corrected chi connectivity index (χ2v) is 7.73. The van der Waals surface area contributed by atoms with Gasteiger partial charge in [0.05, 0.1) is 31.2 Å². The van der Waals surface area contributed by atoms with Crippen LogP contribution in [-0.4, -0.2) is 26.0 Å². The van der Waals surface area contributed by atoms with Crippen molar-refractivity contribution >= 4 is 40.4 Å². The van der Waals surface area contributed by atoms with Gasteiger partial charge in [-0.3, -0.25) is 9.59 Å². The molecule has 8 heteroatoms. The zero-order chi connectivity index (χ0) is 23.7. The third kappa shape index (κ3) is 4.15. The lowest BCUT2D eigenvalue weighted by molar-refractivity contribution is -0.120. The second-order valence-electron chi connectivity index (χ2n) is 7.33. The summed E-state index contributed by atoms with van der Waals surface area (Å²) in [6, 6.07) is 15.3. The molecule has 168 valence electrons. The number of benzene rings is 3. The lowest BCUT2D eigenvalue weighted by Gasteiger charge is -2.17. The van der Waals surface area contributed by atoms with Gasteiger partial charge in [0, 0.05) is 11.1 Å². The van der Waals surface area contributed by atoms with Crippen LogP contribution < -0.4 is 19.7 Å². The number of hydrogen-bond acceptors (Lipinski definition) is 5. The van der Waals surface area contributed by atoms with E-state index in [4.69, 9.17) is 21.1 Å². The van der Waals surface area contributed by atoms with Crippen LogP contribution in [0.3, 0.4) is 0 Å². The summed E-state index contributed by atoms with van der Waals surface area (Å²) in [5.41, 5.74) is 2.08. The van der Waals surface area contributed by atoms with Crippen molar-refractivity contribution in [2.24, 2.45) is 0 Å². The number of carbonyl (C=O) groups excluding carboxylic acids is 2. The molecule has 0 spiro atoms. The first kappa shape index (κ1) is 22.4. The molecule has 6 nitrogen and oxygen atoms in total. The van der Waals surface area contributed by atoms with E-state index in [2.05, 4.69) is 5.32 Å². The van der Waals surface area contributed by atoms with Gasteiger partial charge in [0.2, 0.25) is 0 Å². The average Bonchev–Trinajstić information content (AvgIpc) is 3.05. The molecule has 33 heavy (non-hydrogen) atoms. The van der Waals surface area contributed by atoms with Gasteiger partial charge >= 0.3 is 0 Å². The number of anilines is 2. The van der Waals surface area contributed by atoms with Gasteiger partial charge in [-0.15, -0.1) is 0 Å². The van der Waals surface area contributed by atoms with Crippen LogP contribution in [-0.2, 0) is 9.59 Å². The highest BCUT2D eigenvalue weighted by molar-refractivity contribution is 6.46. The van der Waals surface area contributed by atoms with E-state index >= 15 is 0 Å². The number of carbonyl (C=O) groups is 2. The predicted octanol–water partition coefficient (Wildman–Crippen LogP) is 5.20. The Labute approximate surface area is 195 Å². The molecule has 3 aromatic rings. The highest BCUT2D eigenvalue weighted by Gasteiger charge is 2.40. The number of rotatable bonds is 6. The molecule has 4 rings (SSSR count). The minimum absolute atomic E-state index is 0.0230. The van der Waals surface area contributed by atoms with E-state index in [0.717, 1.165) is 10.5 Å². The van der Waals surface area contributed by atoms with Gasteiger partial charge in [-0.1, -0.05) is 29.8 Å². The Hall–Kier alpha value is -3.84. The number of ether oxygens (including phenoxy) is 2. The van der Waals surface area contributed by atoms with Gasteiger partial charge in [-0.25, -0.2) is 9.29 Å². The first-order valence-electron chi connectivity index (χ1n) is 9.98. The first-order chi connectivity index (χ1) is 15.8. The molecule has 0 aromatic heterocycles. The molecule has 0 fully saturated rings. The summed E-state index contributed by atoms with van der Waals surface area (Å²) < 4.78 is 24.2. The van der Waals surface area contributed by atoms with Crippen LogP contribution in [0.4, 0.5) is 15.8 Å². The van der Waals surface area contributed by atoms with Crippen LogP contribution >= 0.6 is 11.6 Å². The lowest BCUT2D eigenvalue weighted by Crippen LogP contribution is -2.32. The van der Waals surface area contributed by atoms with Crippen LogP contribution in [0.1, 0.15) is 11.1 Å².